The van der Waals surface area contributed by atoms with Crippen LogP contribution in [-0.2, 0) is 16.1 Å². The van der Waals surface area contributed by atoms with E-state index in [4.69, 9.17) is 0 Å². The lowest BCUT2D eigenvalue weighted by Crippen LogP contribution is -2.39. The number of nitrogens with zero attached hydrogens (tertiary/aromatic N) is 2. The summed E-state index contributed by atoms with van der Waals surface area (Å²) in [5.74, 6) is 0.873. The number of aliphatic imine (C=N–C) groups is 1. The van der Waals surface area contributed by atoms with E-state index in [2.05, 4.69) is 20.9 Å². The van der Waals surface area contributed by atoms with Crippen molar-refractivity contribution in [3.63, 3.8) is 0 Å². The van der Waals surface area contributed by atoms with Crippen molar-refractivity contribution in [2.75, 3.05) is 25.0 Å². The molecular formula is C19H29N5O2. The minimum atomic E-state index is 0.0231. The lowest BCUT2D eigenvalue weighted by Gasteiger charge is -2.16. The highest BCUT2D eigenvalue weighted by atomic mass is 16.2. The quantitative estimate of drug-likeness (QED) is 0.507. The van der Waals surface area contributed by atoms with Crippen LogP contribution in [0.1, 0.15) is 38.7 Å². The van der Waals surface area contributed by atoms with E-state index in [1.807, 2.05) is 43.0 Å². The number of guanidine groups is 1. The van der Waals surface area contributed by atoms with Gasteiger partial charge in [0.05, 0.1) is 0 Å². The molecule has 1 aromatic rings. The van der Waals surface area contributed by atoms with Crippen LogP contribution in [0.15, 0.2) is 29.3 Å². The molecule has 1 aliphatic heterocycles. The fraction of sp³-hybridized carbons (Fsp3) is 0.526. The number of anilines is 1. The summed E-state index contributed by atoms with van der Waals surface area (Å²) in [6.45, 7) is 5.82. The summed E-state index contributed by atoms with van der Waals surface area (Å²) in [6.07, 6.45) is 1.97. The van der Waals surface area contributed by atoms with Gasteiger partial charge >= 0.3 is 0 Å². The van der Waals surface area contributed by atoms with Gasteiger partial charge in [-0.3, -0.25) is 14.6 Å². The third-order valence-electron chi connectivity index (χ3n) is 4.10. The minimum absolute atomic E-state index is 0.0231. The van der Waals surface area contributed by atoms with Crippen molar-refractivity contribution in [2.24, 2.45) is 4.99 Å². The number of hydrogen-bond donors (Lipinski definition) is 3. The first kappa shape index (κ1) is 19.8. The summed E-state index contributed by atoms with van der Waals surface area (Å²) in [7, 11) is 1.70. The Hall–Kier alpha value is -2.57. The molecular weight excluding hydrogens is 330 g/mol. The molecule has 0 aliphatic carbocycles. The van der Waals surface area contributed by atoms with Gasteiger partial charge in [0.1, 0.15) is 0 Å². The summed E-state index contributed by atoms with van der Waals surface area (Å²) in [5, 5.41) is 9.21. The molecule has 7 heteroatoms. The predicted octanol–water partition coefficient (Wildman–Crippen LogP) is 1.39. The molecule has 26 heavy (non-hydrogen) atoms. The molecule has 1 saturated heterocycles. The van der Waals surface area contributed by atoms with Crippen molar-refractivity contribution in [3.05, 3.63) is 29.8 Å². The molecule has 0 atom stereocenters. The third kappa shape index (κ3) is 6.06. The van der Waals surface area contributed by atoms with Crippen molar-refractivity contribution < 1.29 is 9.59 Å². The van der Waals surface area contributed by atoms with E-state index in [1.165, 1.54) is 0 Å². The van der Waals surface area contributed by atoms with Gasteiger partial charge in [0.25, 0.3) is 0 Å². The largest absolute Gasteiger partial charge is 0.356 e. The van der Waals surface area contributed by atoms with Crippen molar-refractivity contribution >= 4 is 23.5 Å². The van der Waals surface area contributed by atoms with Gasteiger partial charge in [0.15, 0.2) is 5.96 Å². The maximum atomic E-state index is 11.8. The van der Waals surface area contributed by atoms with Crippen LogP contribution in [-0.4, -0.2) is 44.0 Å². The Morgan fingerprint density at radius 3 is 2.54 bits per heavy atom. The molecule has 0 unspecified atom stereocenters. The molecule has 0 aromatic heterocycles. The van der Waals surface area contributed by atoms with Gasteiger partial charge in [0, 0.05) is 51.3 Å². The molecule has 1 fully saturated rings. The molecule has 0 spiro atoms. The first-order valence-corrected chi connectivity index (χ1v) is 9.13. The topological polar surface area (TPSA) is 85.8 Å². The molecule has 0 bridgehead atoms. The zero-order chi connectivity index (χ0) is 18.9. The Kier molecular flexibility index (Phi) is 7.44. The van der Waals surface area contributed by atoms with E-state index in [-0.39, 0.29) is 17.9 Å². The van der Waals surface area contributed by atoms with Gasteiger partial charge in [-0.05, 0) is 38.0 Å². The highest BCUT2D eigenvalue weighted by Crippen LogP contribution is 2.21. The summed E-state index contributed by atoms with van der Waals surface area (Å²) >= 11 is 0. The maximum absolute atomic E-state index is 11.8. The zero-order valence-corrected chi connectivity index (χ0v) is 15.8. The Morgan fingerprint density at radius 1 is 1.23 bits per heavy atom. The molecule has 142 valence electrons. The van der Waals surface area contributed by atoms with Crippen molar-refractivity contribution in [1.29, 1.82) is 0 Å². The van der Waals surface area contributed by atoms with Crippen LogP contribution in [0.5, 0.6) is 0 Å². The Balaban J connectivity index is 1.75. The van der Waals surface area contributed by atoms with E-state index in [9.17, 15) is 9.59 Å². The number of hydrogen-bond acceptors (Lipinski definition) is 3. The third-order valence-corrected chi connectivity index (χ3v) is 4.10. The van der Waals surface area contributed by atoms with E-state index in [0.29, 0.717) is 31.9 Å². The van der Waals surface area contributed by atoms with Gasteiger partial charge in [-0.1, -0.05) is 12.1 Å². The molecule has 3 N–H and O–H groups in total. The Morgan fingerprint density at radius 2 is 1.96 bits per heavy atom. The van der Waals surface area contributed by atoms with Gasteiger partial charge in [-0.25, -0.2) is 0 Å². The molecule has 2 amide bonds. The van der Waals surface area contributed by atoms with Gasteiger partial charge in [0.2, 0.25) is 11.8 Å². The number of amides is 2. The zero-order valence-electron chi connectivity index (χ0n) is 15.8. The van der Waals surface area contributed by atoms with Crippen LogP contribution in [0.25, 0.3) is 0 Å². The first-order valence-electron chi connectivity index (χ1n) is 9.13. The second-order valence-electron chi connectivity index (χ2n) is 6.64. The molecule has 1 aromatic carbocycles. The van der Waals surface area contributed by atoms with Gasteiger partial charge in [-0.2, -0.15) is 0 Å². The summed E-state index contributed by atoms with van der Waals surface area (Å²) in [4.78, 5) is 29.4. The summed E-state index contributed by atoms with van der Waals surface area (Å²) in [5.41, 5.74) is 2.05. The van der Waals surface area contributed by atoms with Gasteiger partial charge < -0.3 is 20.9 Å². The second kappa shape index (κ2) is 9.79. The molecule has 2 rings (SSSR count). The fourth-order valence-corrected chi connectivity index (χ4v) is 2.81. The van der Waals surface area contributed by atoms with Gasteiger partial charge in [-0.15, -0.1) is 0 Å². The standard InChI is InChI=1S/C19H29N5O2/c1-14(2)23-17(25)10-11-21-19(20-3)22-13-15-6-8-16(9-7-15)24-12-4-5-18(24)26/h6-9,14H,4-5,10-13H2,1-3H3,(H,23,25)(H2,20,21,22). The number of carbonyl (C=O) groups is 2. The van der Waals surface area contributed by atoms with E-state index >= 15 is 0 Å². The molecule has 1 aliphatic rings. The molecule has 0 saturated carbocycles. The molecule has 0 radical (unpaired) electrons. The lowest BCUT2D eigenvalue weighted by molar-refractivity contribution is -0.121. The van der Waals surface area contributed by atoms with Crippen LogP contribution < -0.4 is 20.9 Å². The van der Waals surface area contributed by atoms with Crippen LogP contribution in [0.2, 0.25) is 0 Å². The number of nitrogens with one attached hydrogen (secondary N) is 3. The second-order valence-corrected chi connectivity index (χ2v) is 6.64. The average molecular weight is 359 g/mol. The van der Waals surface area contributed by atoms with E-state index < -0.39 is 0 Å². The normalized spacial score (nSPS) is 14.7. The van der Waals surface area contributed by atoms with Crippen molar-refractivity contribution in [2.45, 2.75) is 45.7 Å². The lowest BCUT2D eigenvalue weighted by atomic mass is 10.2. The minimum Gasteiger partial charge on any atom is -0.356 e. The Labute approximate surface area is 155 Å². The van der Waals surface area contributed by atoms with E-state index in [0.717, 1.165) is 24.2 Å². The van der Waals surface area contributed by atoms with Crippen LogP contribution >= 0.6 is 0 Å². The van der Waals surface area contributed by atoms with Crippen LogP contribution in [0.3, 0.4) is 0 Å². The number of benzene rings is 1. The van der Waals surface area contributed by atoms with Crippen LogP contribution in [0, 0.1) is 0 Å². The fourth-order valence-electron chi connectivity index (χ4n) is 2.81. The average Bonchev–Trinajstić information content (AvgIpc) is 3.03. The monoisotopic (exact) mass is 359 g/mol. The highest BCUT2D eigenvalue weighted by Gasteiger charge is 2.21. The molecule has 1 heterocycles. The summed E-state index contributed by atoms with van der Waals surface area (Å²) in [6, 6.07) is 8.13. The predicted molar refractivity (Wildman–Crippen MR) is 104 cm³/mol. The smallest absolute Gasteiger partial charge is 0.227 e. The molecule has 7 nitrogen and oxygen atoms in total. The first-order chi connectivity index (χ1) is 12.5. The SMILES string of the molecule is CN=C(NCCC(=O)NC(C)C)NCc1ccc(N2CCCC2=O)cc1. The number of carbonyl (C=O) groups excluding carboxylic acids is 2. The number of rotatable bonds is 7. The van der Waals surface area contributed by atoms with Crippen molar-refractivity contribution in [3.8, 4) is 0 Å². The van der Waals surface area contributed by atoms with Crippen molar-refractivity contribution in [1.82, 2.24) is 16.0 Å². The van der Waals surface area contributed by atoms with Crippen LogP contribution in [0.4, 0.5) is 5.69 Å². The van der Waals surface area contributed by atoms with E-state index in [1.54, 1.807) is 7.05 Å². The maximum Gasteiger partial charge on any atom is 0.227 e. The highest BCUT2D eigenvalue weighted by molar-refractivity contribution is 5.95. The summed E-state index contributed by atoms with van der Waals surface area (Å²) < 4.78 is 0. The Bertz CT molecular complexity index is 640.